The number of aryl methyl sites for hydroxylation is 1. The highest BCUT2D eigenvalue weighted by Crippen LogP contribution is 2.53. The van der Waals surface area contributed by atoms with Crippen molar-refractivity contribution in [2.45, 2.75) is 45.6 Å². The molecule has 2 aromatic heterocycles. The highest BCUT2D eigenvalue weighted by Gasteiger charge is 2.45. The molecule has 6 heteroatoms. The van der Waals surface area contributed by atoms with Crippen molar-refractivity contribution in [3.63, 3.8) is 0 Å². The van der Waals surface area contributed by atoms with Crippen LogP contribution < -0.4 is 5.32 Å². The van der Waals surface area contributed by atoms with Gasteiger partial charge >= 0.3 is 0 Å². The van der Waals surface area contributed by atoms with E-state index in [1.807, 2.05) is 24.0 Å². The van der Waals surface area contributed by atoms with E-state index in [-0.39, 0.29) is 11.8 Å². The van der Waals surface area contributed by atoms with Gasteiger partial charge in [0, 0.05) is 24.2 Å². The van der Waals surface area contributed by atoms with Crippen molar-refractivity contribution in [3.8, 4) is 0 Å². The van der Waals surface area contributed by atoms with E-state index >= 15 is 0 Å². The summed E-state index contributed by atoms with van der Waals surface area (Å²) in [4.78, 5) is 34.4. The molecule has 4 rings (SSSR count). The van der Waals surface area contributed by atoms with Crippen LogP contribution in [0.15, 0.2) is 18.2 Å². The predicted octanol–water partition coefficient (Wildman–Crippen LogP) is 2.39. The summed E-state index contributed by atoms with van der Waals surface area (Å²) in [5.41, 5.74) is 2.56. The minimum absolute atomic E-state index is 0.00827. The Morgan fingerprint density at radius 3 is 2.64 bits per heavy atom. The second-order valence-corrected chi connectivity index (χ2v) is 7.59. The lowest BCUT2D eigenvalue weighted by Crippen LogP contribution is -2.49. The number of carbonyl (C=O) groups is 2. The number of nitrogens with zero attached hydrogens (tertiary/aromatic N) is 2. The molecule has 0 unspecified atom stereocenters. The van der Waals surface area contributed by atoms with E-state index in [9.17, 15) is 9.59 Å². The molecule has 1 spiro atoms. The molecule has 2 N–H and O–H groups in total. The van der Waals surface area contributed by atoms with Crippen molar-refractivity contribution in [2.75, 3.05) is 13.1 Å². The lowest BCUT2D eigenvalue weighted by Gasteiger charge is -2.33. The number of fused-ring (bicyclic) bond motifs is 1. The van der Waals surface area contributed by atoms with Crippen LogP contribution in [0, 0.1) is 12.3 Å². The molecule has 1 saturated heterocycles. The van der Waals surface area contributed by atoms with E-state index in [1.54, 1.807) is 13.0 Å². The molecular formula is C19H24N4O2. The summed E-state index contributed by atoms with van der Waals surface area (Å²) in [5.74, 6) is -0.263. The maximum absolute atomic E-state index is 12.6. The average Bonchev–Trinajstić information content (AvgIpc) is 3.21. The first-order chi connectivity index (χ1) is 12.0. The number of hydrogen-bond acceptors (Lipinski definition) is 3. The van der Waals surface area contributed by atoms with Gasteiger partial charge in [-0.15, -0.1) is 0 Å². The van der Waals surface area contributed by atoms with Crippen LogP contribution in [0.5, 0.6) is 0 Å². The van der Waals surface area contributed by atoms with Gasteiger partial charge in [-0.1, -0.05) is 0 Å². The van der Waals surface area contributed by atoms with Gasteiger partial charge in [-0.05, 0) is 63.1 Å². The van der Waals surface area contributed by atoms with E-state index in [4.69, 9.17) is 0 Å². The van der Waals surface area contributed by atoms with Gasteiger partial charge in [0.05, 0.1) is 0 Å². The van der Waals surface area contributed by atoms with E-state index in [2.05, 4.69) is 15.3 Å². The van der Waals surface area contributed by atoms with Crippen molar-refractivity contribution in [1.82, 2.24) is 20.2 Å². The van der Waals surface area contributed by atoms with Gasteiger partial charge < -0.3 is 15.2 Å². The molecule has 2 aromatic rings. The van der Waals surface area contributed by atoms with Gasteiger partial charge in [0.2, 0.25) is 5.91 Å². The molecule has 1 saturated carbocycles. The number of amides is 2. The number of hydrogen-bond donors (Lipinski definition) is 2. The lowest BCUT2D eigenvalue weighted by atomic mass is 9.93. The molecule has 6 nitrogen and oxygen atoms in total. The second kappa shape index (κ2) is 5.86. The first kappa shape index (κ1) is 16.1. The third-order valence-corrected chi connectivity index (χ3v) is 5.67. The summed E-state index contributed by atoms with van der Waals surface area (Å²) >= 11 is 0. The van der Waals surface area contributed by atoms with Gasteiger partial charge in [-0.2, -0.15) is 0 Å². The molecule has 1 aliphatic carbocycles. The lowest BCUT2D eigenvalue weighted by molar-refractivity contribution is -0.134. The molecular weight excluding hydrogens is 316 g/mol. The fraction of sp³-hybridized carbons (Fsp3) is 0.526. The summed E-state index contributed by atoms with van der Waals surface area (Å²) in [7, 11) is 0. The quantitative estimate of drug-likeness (QED) is 0.900. The number of piperidine rings is 1. The number of aromatic nitrogens is 2. The Balaban J connectivity index is 1.39. The second-order valence-electron chi connectivity index (χ2n) is 7.59. The normalized spacial score (nSPS) is 19.8. The maximum Gasteiger partial charge on any atom is 0.268 e. The van der Waals surface area contributed by atoms with Crippen LogP contribution in [0.3, 0.4) is 0 Å². The Morgan fingerprint density at radius 1 is 1.24 bits per heavy atom. The van der Waals surface area contributed by atoms with E-state index < -0.39 is 6.04 Å². The summed E-state index contributed by atoms with van der Waals surface area (Å²) in [6.07, 6.45) is 4.84. The van der Waals surface area contributed by atoms with E-state index in [0.717, 1.165) is 37.0 Å². The van der Waals surface area contributed by atoms with Crippen LogP contribution >= 0.6 is 0 Å². The number of aromatic amines is 1. The number of carbonyl (C=O) groups excluding carboxylic acids is 2. The fourth-order valence-electron chi connectivity index (χ4n) is 3.71. The molecule has 132 valence electrons. The van der Waals surface area contributed by atoms with Crippen molar-refractivity contribution in [1.29, 1.82) is 0 Å². The van der Waals surface area contributed by atoms with E-state index in [1.165, 1.54) is 12.8 Å². The maximum atomic E-state index is 12.6. The number of likely N-dealkylation sites (tertiary alicyclic amines) is 1. The molecule has 1 aliphatic heterocycles. The monoisotopic (exact) mass is 340 g/mol. The summed E-state index contributed by atoms with van der Waals surface area (Å²) in [5, 5.41) is 3.71. The van der Waals surface area contributed by atoms with Crippen LogP contribution in [-0.4, -0.2) is 45.8 Å². The largest absolute Gasteiger partial charge is 0.341 e. The minimum Gasteiger partial charge on any atom is -0.341 e. The van der Waals surface area contributed by atoms with Crippen LogP contribution in [0.25, 0.3) is 11.0 Å². The molecule has 1 atom stereocenters. The molecule has 0 bridgehead atoms. The first-order valence-electron chi connectivity index (χ1n) is 9.02. The summed E-state index contributed by atoms with van der Waals surface area (Å²) < 4.78 is 0. The predicted molar refractivity (Wildman–Crippen MR) is 95.2 cm³/mol. The van der Waals surface area contributed by atoms with Crippen LogP contribution in [0.4, 0.5) is 0 Å². The first-order valence-corrected chi connectivity index (χ1v) is 9.02. The van der Waals surface area contributed by atoms with Gasteiger partial charge in [-0.25, -0.2) is 4.98 Å². The van der Waals surface area contributed by atoms with Crippen molar-refractivity contribution in [3.05, 3.63) is 29.6 Å². The molecule has 2 amide bonds. The average molecular weight is 340 g/mol. The number of pyridine rings is 1. The Hall–Kier alpha value is -2.37. The standard InChI is InChI=1S/C19H24N4O2/c1-12-3-4-14-11-15(22-16(14)20-12)17(24)21-13(2)18(25)23-9-7-19(5-6-19)8-10-23/h3-4,11,13H,5-10H2,1-2H3,(H,20,22)(H,21,24)/t13-/m0/s1. The smallest absolute Gasteiger partial charge is 0.268 e. The zero-order valence-electron chi connectivity index (χ0n) is 14.8. The number of H-pyrrole nitrogens is 1. The Morgan fingerprint density at radius 2 is 1.96 bits per heavy atom. The molecule has 0 aromatic carbocycles. The topological polar surface area (TPSA) is 78.1 Å². The number of nitrogens with one attached hydrogen (secondary N) is 2. The highest BCUT2D eigenvalue weighted by atomic mass is 16.2. The summed E-state index contributed by atoms with van der Waals surface area (Å²) in [6, 6.07) is 5.09. The Kier molecular flexibility index (Phi) is 3.78. The molecule has 0 radical (unpaired) electrons. The van der Waals surface area contributed by atoms with Crippen LogP contribution in [0.2, 0.25) is 0 Å². The third-order valence-electron chi connectivity index (χ3n) is 5.67. The van der Waals surface area contributed by atoms with Gasteiger partial charge in [0.15, 0.2) is 0 Å². The number of rotatable bonds is 3. The third kappa shape index (κ3) is 3.13. The van der Waals surface area contributed by atoms with Crippen molar-refractivity contribution >= 4 is 22.8 Å². The molecule has 25 heavy (non-hydrogen) atoms. The minimum atomic E-state index is -0.526. The fourth-order valence-corrected chi connectivity index (χ4v) is 3.71. The van der Waals surface area contributed by atoms with Crippen molar-refractivity contribution in [2.24, 2.45) is 5.41 Å². The molecule has 2 aliphatic rings. The Labute approximate surface area is 147 Å². The van der Waals surface area contributed by atoms with Gasteiger partial charge in [0.1, 0.15) is 17.4 Å². The van der Waals surface area contributed by atoms with Crippen LogP contribution in [0.1, 0.15) is 48.8 Å². The zero-order valence-corrected chi connectivity index (χ0v) is 14.8. The zero-order chi connectivity index (χ0) is 17.6. The Bertz CT molecular complexity index is 827. The molecule has 3 heterocycles. The van der Waals surface area contributed by atoms with Gasteiger partial charge in [-0.3, -0.25) is 9.59 Å². The van der Waals surface area contributed by atoms with Crippen molar-refractivity contribution < 1.29 is 9.59 Å². The molecule has 2 fully saturated rings. The SMILES string of the molecule is Cc1ccc2cc(C(=O)N[C@@H](C)C(=O)N3CCC4(CC3)CC4)[nH]c2n1. The summed E-state index contributed by atoms with van der Waals surface area (Å²) in [6.45, 7) is 5.29. The van der Waals surface area contributed by atoms with Crippen LogP contribution in [-0.2, 0) is 4.79 Å². The van der Waals surface area contributed by atoms with Gasteiger partial charge in [0.25, 0.3) is 5.91 Å². The van der Waals surface area contributed by atoms with E-state index in [0.29, 0.717) is 16.8 Å². The highest BCUT2D eigenvalue weighted by molar-refractivity contribution is 5.99.